The molecule has 0 fully saturated rings. The third kappa shape index (κ3) is 5.15. The Kier molecular flexibility index (Phi) is 6.46. The van der Waals surface area contributed by atoms with E-state index in [1.54, 1.807) is 30.3 Å². The zero-order chi connectivity index (χ0) is 17.5. The van der Waals surface area contributed by atoms with Gasteiger partial charge in [0.2, 0.25) is 0 Å². The van der Waals surface area contributed by atoms with Crippen LogP contribution in [-0.4, -0.2) is 25.0 Å². The van der Waals surface area contributed by atoms with Gasteiger partial charge in [-0.25, -0.2) is 0 Å². The van der Waals surface area contributed by atoms with Crippen LogP contribution in [0.4, 0.5) is 0 Å². The number of benzene rings is 2. The highest BCUT2D eigenvalue weighted by Crippen LogP contribution is 2.21. The van der Waals surface area contributed by atoms with Gasteiger partial charge in [-0.2, -0.15) is 0 Å². The van der Waals surface area contributed by atoms with E-state index in [1.165, 1.54) is 6.07 Å². The molecule has 0 unspecified atom stereocenters. The number of carbonyl (C=O) groups excluding carboxylic acids is 2. The molecule has 0 saturated heterocycles. The number of carbonyl (C=O) groups is 2. The van der Waals surface area contributed by atoms with Crippen molar-refractivity contribution in [3.8, 4) is 5.75 Å². The summed E-state index contributed by atoms with van der Waals surface area (Å²) >= 11 is 11.9. The Morgan fingerprint density at radius 1 is 1.12 bits per heavy atom. The zero-order valence-corrected chi connectivity index (χ0v) is 14.2. The SMILES string of the molecule is NC(=O)c1ccccc1OCC(=O)NCCc1ccc(Cl)cc1Cl. The predicted octanol–water partition coefficient (Wildman–Crippen LogP) is 2.83. The average Bonchev–Trinajstić information content (AvgIpc) is 2.55. The minimum atomic E-state index is -0.608. The molecule has 0 aliphatic heterocycles. The number of nitrogens with two attached hydrogens (primary N) is 1. The summed E-state index contributed by atoms with van der Waals surface area (Å²) in [4.78, 5) is 23.1. The maximum Gasteiger partial charge on any atom is 0.257 e. The summed E-state index contributed by atoms with van der Waals surface area (Å²) in [5.74, 6) is -0.636. The quantitative estimate of drug-likeness (QED) is 0.790. The van der Waals surface area contributed by atoms with Gasteiger partial charge in [0.15, 0.2) is 6.61 Å². The number of hydrogen-bond donors (Lipinski definition) is 2. The number of hydrogen-bond acceptors (Lipinski definition) is 3. The fourth-order valence-electron chi connectivity index (χ4n) is 2.05. The lowest BCUT2D eigenvalue weighted by Gasteiger charge is -2.10. The molecule has 0 aromatic heterocycles. The van der Waals surface area contributed by atoms with Crippen LogP contribution in [0.3, 0.4) is 0 Å². The summed E-state index contributed by atoms with van der Waals surface area (Å²) in [6.45, 7) is 0.194. The number of primary amides is 1. The van der Waals surface area contributed by atoms with Crippen molar-refractivity contribution in [3.63, 3.8) is 0 Å². The van der Waals surface area contributed by atoms with Gasteiger partial charge in [0.05, 0.1) is 5.56 Å². The average molecular weight is 367 g/mol. The largest absolute Gasteiger partial charge is 0.483 e. The van der Waals surface area contributed by atoms with Crippen LogP contribution in [0.25, 0.3) is 0 Å². The van der Waals surface area contributed by atoms with Crippen molar-refractivity contribution >= 4 is 35.0 Å². The van der Waals surface area contributed by atoms with Crippen molar-refractivity contribution < 1.29 is 14.3 Å². The molecule has 0 radical (unpaired) electrons. The second-order valence-electron chi connectivity index (χ2n) is 4.98. The number of nitrogens with one attached hydrogen (secondary N) is 1. The van der Waals surface area contributed by atoms with E-state index in [4.69, 9.17) is 33.7 Å². The summed E-state index contributed by atoms with van der Waals surface area (Å²) in [6, 6.07) is 11.7. The first-order chi connectivity index (χ1) is 11.5. The standard InChI is InChI=1S/C17H16Cl2N2O3/c18-12-6-5-11(14(19)9-12)7-8-21-16(22)10-24-15-4-2-1-3-13(15)17(20)23/h1-6,9H,7-8,10H2,(H2,20,23)(H,21,22). The summed E-state index contributed by atoms with van der Waals surface area (Å²) in [5.41, 5.74) is 6.37. The van der Waals surface area contributed by atoms with Crippen molar-refractivity contribution in [2.24, 2.45) is 5.73 Å². The van der Waals surface area contributed by atoms with Crippen molar-refractivity contribution in [1.82, 2.24) is 5.32 Å². The minimum absolute atomic E-state index is 0.210. The number of halogens is 2. The molecule has 126 valence electrons. The Balaban J connectivity index is 1.81. The van der Waals surface area contributed by atoms with Crippen molar-refractivity contribution in [3.05, 3.63) is 63.6 Å². The van der Waals surface area contributed by atoms with Crippen LogP contribution in [0.2, 0.25) is 10.0 Å². The van der Waals surface area contributed by atoms with Gasteiger partial charge < -0.3 is 15.8 Å². The van der Waals surface area contributed by atoms with E-state index in [2.05, 4.69) is 5.32 Å². The van der Waals surface area contributed by atoms with Gasteiger partial charge in [0.25, 0.3) is 11.8 Å². The molecule has 2 rings (SSSR count). The molecule has 7 heteroatoms. The van der Waals surface area contributed by atoms with Gasteiger partial charge in [0, 0.05) is 16.6 Å². The molecule has 0 atom stereocenters. The van der Waals surface area contributed by atoms with Gasteiger partial charge in [-0.1, -0.05) is 41.4 Å². The Bertz CT molecular complexity index is 750. The third-order valence-corrected chi connectivity index (χ3v) is 3.83. The molecular weight excluding hydrogens is 351 g/mol. The Morgan fingerprint density at radius 3 is 2.58 bits per heavy atom. The van der Waals surface area contributed by atoms with Gasteiger partial charge in [-0.15, -0.1) is 0 Å². The van der Waals surface area contributed by atoms with Gasteiger partial charge in [0.1, 0.15) is 5.75 Å². The lowest BCUT2D eigenvalue weighted by atomic mass is 10.1. The third-order valence-electron chi connectivity index (χ3n) is 3.24. The lowest BCUT2D eigenvalue weighted by Crippen LogP contribution is -2.31. The summed E-state index contributed by atoms with van der Waals surface area (Å²) in [5, 5.41) is 3.84. The monoisotopic (exact) mass is 366 g/mol. The number of amides is 2. The molecule has 2 aromatic rings. The van der Waals surface area contributed by atoms with Gasteiger partial charge in [-0.05, 0) is 36.2 Å². The highest BCUT2D eigenvalue weighted by molar-refractivity contribution is 6.35. The van der Waals surface area contributed by atoms with Crippen LogP contribution in [0.1, 0.15) is 15.9 Å². The van der Waals surface area contributed by atoms with Crippen LogP contribution in [0.5, 0.6) is 5.75 Å². The molecule has 5 nitrogen and oxygen atoms in total. The predicted molar refractivity (Wildman–Crippen MR) is 93.6 cm³/mol. The second kappa shape index (κ2) is 8.57. The molecule has 0 saturated carbocycles. The molecule has 0 aliphatic carbocycles. The summed E-state index contributed by atoms with van der Waals surface area (Å²) in [7, 11) is 0. The number of para-hydroxylation sites is 1. The molecule has 2 amide bonds. The topological polar surface area (TPSA) is 81.4 Å². The maximum atomic E-state index is 11.8. The van der Waals surface area contributed by atoms with E-state index in [9.17, 15) is 9.59 Å². The smallest absolute Gasteiger partial charge is 0.257 e. The van der Waals surface area contributed by atoms with Crippen molar-refractivity contribution in [2.75, 3.05) is 13.2 Å². The first kappa shape index (κ1) is 18.1. The number of rotatable bonds is 7. The molecule has 0 aliphatic rings. The molecule has 0 spiro atoms. The molecule has 3 N–H and O–H groups in total. The summed E-state index contributed by atoms with van der Waals surface area (Å²) in [6.07, 6.45) is 0.569. The minimum Gasteiger partial charge on any atom is -0.483 e. The second-order valence-corrected chi connectivity index (χ2v) is 5.83. The van der Waals surface area contributed by atoms with Gasteiger partial charge >= 0.3 is 0 Å². The fourth-order valence-corrected chi connectivity index (χ4v) is 2.55. The Morgan fingerprint density at radius 2 is 1.88 bits per heavy atom. The first-order valence-corrected chi connectivity index (χ1v) is 7.95. The Hall–Kier alpha value is -2.24. The van der Waals surface area contributed by atoms with E-state index in [-0.39, 0.29) is 23.8 Å². The van der Waals surface area contributed by atoms with E-state index in [0.29, 0.717) is 23.0 Å². The van der Waals surface area contributed by atoms with E-state index in [0.717, 1.165) is 5.56 Å². The highest BCUT2D eigenvalue weighted by Gasteiger charge is 2.10. The van der Waals surface area contributed by atoms with E-state index in [1.807, 2.05) is 6.07 Å². The number of ether oxygens (including phenoxy) is 1. The Labute approximate surface area is 149 Å². The first-order valence-electron chi connectivity index (χ1n) is 7.19. The van der Waals surface area contributed by atoms with Crippen LogP contribution in [-0.2, 0) is 11.2 Å². The van der Waals surface area contributed by atoms with Crippen LogP contribution in [0, 0.1) is 0 Å². The summed E-state index contributed by atoms with van der Waals surface area (Å²) < 4.78 is 5.35. The van der Waals surface area contributed by atoms with Gasteiger partial charge in [-0.3, -0.25) is 9.59 Å². The fraction of sp³-hybridized carbons (Fsp3) is 0.176. The van der Waals surface area contributed by atoms with E-state index >= 15 is 0 Å². The molecule has 0 heterocycles. The molecular formula is C17H16Cl2N2O3. The van der Waals surface area contributed by atoms with Crippen LogP contribution < -0.4 is 15.8 Å². The highest BCUT2D eigenvalue weighted by atomic mass is 35.5. The molecule has 2 aromatic carbocycles. The van der Waals surface area contributed by atoms with Crippen molar-refractivity contribution in [1.29, 1.82) is 0 Å². The lowest BCUT2D eigenvalue weighted by molar-refractivity contribution is -0.123. The maximum absolute atomic E-state index is 11.8. The molecule has 0 bridgehead atoms. The van der Waals surface area contributed by atoms with Crippen LogP contribution in [0.15, 0.2) is 42.5 Å². The zero-order valence-electron chi connectivity index (χ0n) is 12.7. The van der Waals surface area contributed by atoms with E-state index < -0.39 is 5.91 Å². The van der Waals surface area contributed by atoms with Crippen molar-refractivity contribution in [2.45, 2.75) is 6.42 Å². The molecule has 24 heavy (non-hydrogen) atoms. The van der Waals surface area contributed by atoms with Crippen LogP contribution >= 0.6 is 23.2 Å². The normalized spacial score (nSPS) is 10.2.